The van der Waals surface area contributed by atoms with Gasteiger partial charge in [-0.25, -0.2) is 8.78 Å². The van der Waals surface area contributed by atoms with Crippen LogP contribution in [0.3, 0.4) is 0 Å². The van der Waals surface area contributed by atoms with E-state index in [1.807, 2.05) is 0 Å². The number of thiophene rings is 1. The molecule has 7 heteroatoms. The van der Waals surface area contributed by atoms with Gasteiger partial charge < -0.3 is 10.6 Å². The summed E-state index contributed by atoms with van der Waals surface area (Å²) >= 11 is 7.17. The average molecular weight is 331 g/mol. The third-order valence-corrected chi connectivity index (χ3v) is 4.34. The van der Waals surface area contributed by atoms with Crippen LogP contribution in [0.1, 0.15) is 28.2 Å². The van der Waals surface area contributed by atoms with Crippen LogP contribution >= 0.6 is 22.9 Å². The lowest BCUT2D eigenvalue weighted by Gasteiger charge is -2.13. The molecule has 0 bridgehead atoms. The standard InChI is InChI=1S/C14H13ClF2N2OS/c1-7(11-3-4-12(15)21-11)19-14(20)8-5-9(16)13(18-2)10(17)6-8/h3-7,18H,1-2H3,(H,19,20). The maximum absolute atomic E-state index is 13.6. The Hall–Kier alpha value is -1.66. The van der Waals surface area contributed by atoms with E-state index in [0.29, 0.717) is 4.34 Å². The Morgan fingerprint density at radius 2 is 1.90 bits per heavy atom. The molecule has 2 N–H and O–H groups in total. The minimum Gasteiger partial charge on any atom is -0.383 e. The van der Waals surface area contributed by atoms with Crippen molar-refractivity contribution in [2.75, 3.05) is 12.4 Å². The van der Waals surface area contributed by atoms with E-state index in [4.69, 9.17) is 11.6 Å². The molecular weight excluding hydrogens is 318 g/mol. The van der Waals surface area contributed by atoms with Crippen molar-refractivity contribution in [2.24, 2.45) is 0 Å². The topological polar surface area (TPSA) is 41.1 Å². The lowest BCUT2D eigenvalue weighted by molar-refractivity contribution is 0.0939. The Labute approximate surface area is 129 Å². The average Bonchev–Trinajstić information content (AvgIpc) is 2.85. The molecule has 0 aliphatic rings. The highest BCUT2D eigenvalue weighted by Gasteiger charge is 2.17. The fraction of sp³-hybridized carbons (Fsp3) is 0.214. The number of carbonyl (C=O) groups excluding carboxylic acids is 1. The van der Waals surface area contributed by atoms with Crippen LogP contribution in [0, 0.1) is 11.6 Å². The van der Waals surface area contributed by atoms with Gasteiger partial charge in [-0.2, -0.15) is 0 Å². The van der Waals surface area contributed by atoms with Gasteiger partial charge in [-0.1, -0.05) is 11.6 Å². The number of nitrogens with one attached hydrogen (secondary N) is 2. The molecule has 21 heavy (non-hydrogen) atoms. The van der Waals surface area contributed by atoms with Crippen LogP contribution in [0.15, 0.2) is 24.3 Å². The molecule has 2 rings (SSSR count). The zero-order chi connectivity index (χ0) is 15.6. The molecule has 1 amide bonds. The number of benzene rings is 1. The highest BCUT2D eigenvalue weighted by Crippen LogP contribution is 2.27. The lowest BCUT2D eigenvalue weighted by atomic mass is 10.1. The van der Waals surface area contributed by atoms with Gasteiger partial charge >= 0.3 is 0 Å². The van der Waals surface area contributed by atoms with E-state index in [-0.39, 0.29) is 17.3 Å². The maximum atomic E-state index is 13.6. The first-order valence-corrected chi connectivity index (χ1v) is 7.34. The third kappa shape index (κ3) is 3.51. The van der Waals surface area contributed by atoms with Gasteiger partial charge in [-0.3, -0.25) is 4.79 Å². The number of anilines is 1. The van der Waals surface area contributed by atoms with Crippen molar-refractivity contribution in [3.05, 3.63) is 50.7 Å². The molecule has 0 saturated heterocycles. The van der Waals surface area contributed by atoms with Crippen molar-refractivity contribution in [3.63, 3.8) is 0 Å². The summed E-state index contributed by atoms with van der Waals surface area (Å²) in [6, 6.07) is 5.22. The molecule has 1 aromatic heterocycles. The second-order valence-electron chi connectivity index (χ2n) is 4.40. The number of carbonyl (C=O) groups is 1. The molecule has 0 saturated carbocycles. The lowest BCUT2D eigenvalue weighted by Crippen LogP contribution is -2.26. The van der Waals surface area contributed by atoms with Crippen molar-refractivity contribution in [3.8, 4) is 0 Å². The highest BCUT2D eigenvalue weighted by molar-refractivity contribution is 7.16. The molecule has 0 radical (unpaired) electrons. The molecule has 112 valence electrons. The number of rotatable bonds is 4. The molecule has 0 aliphatic carbocycles. The molecule has 1 atom stereocenters. The van der Waals surface area contributed by atoms with E-state index in [2.05, 4.69) is 10.6 Å². The number of hydrogen-bond acceptors (Lipinski definition) is 3. The first-order valence-electron chi connectivity index (χ1n) is 6.15. The zero-order valence-electron chi connectivity index (χ0n) is 11.3. The van der Waals surface area contributed by atoms with E-state index in [1.54, 1.807) is 19.1 Å². The summed E-state index contributed by atoms with van der Waals surface area (Å²) < 4.78 is 27.9. The van der Waals surface area contributed by atoms with E-state index in [0.717, 1.165) is 17.0 Å². The van der Waals surface area contributed by atoms with Gasteiger partial charge in [-0.15, -0.1) is 11.3 Å². The van der Waals surface area contributed by atoms with Crippen LogP contribution in [0.25, 0.3) is 0 Å². The summed E-state index contributed by atoms with van der Waals surface area (Å²) in [5.41, 5.74) is -0.330. The Bertz CT molecular complexity index is 652. The summed E-state index contributed by atoms with van der Waals surface area (Å²) in [5.74, 6) is -2.17. The van der Waals surface area contributed by atoms with Crippen LogP contribution in [0.5, 0.6) is 0 Å². The van der Waals surface area contributed by atoms with Gasteiger partial charge in [-0.05, 0) is 31.2 Å². The van der Waals surface area contributed by atoms with Crippen LogP contribution in [0.4, 0.5) is 14.5 Å². The summed E-state index contributed by atoms with van der Waals surface area (Å²) in [6.07, 6.45) is 0. The number of amides is 1. The Morgan fingerprint density at radius 1 is 1.29 bits per heavy atom. The van der Waals surface area contributed by atoms with Gasteiger partial charge in [0.1, 0.15) is 17.3 Å². The minimum atomic E-state index is -0.811. The van der Waals surface area contributed by atoms with Gasteiger partial charge in [0, 0.05) is 17.5 Å². The number of hydrogen-bond donors (Lipinski definition) is 2. The van der Waals surface area contributed by atoms with Gasteiger partial charge in [0.2, 0.25) is 0 Å². The molecular formula is C14H13ClF2N2OS. The van der Waals surface area contributed by atoms with Crippen molar-refractivity contribution >= 4 is 34.5 Å². The fourth-order valence-corrected chi connectivity index (χ4v) is 2.92. The van der Waals surface area contributed by atoms with Crippen molar-refractivity contribution in [1.29, 1.82) is 0 Å². The molecule has 1 heterocycles. The predicted octanol–water partition coefficient (Wildman–Crippen LogP) is 4.21. The molecule has 1 unspecified atom stereocenters. The normalized spacial score (nSPS) is 12.0. The van der Waals surface area contributed by atoms with Crippen LogP contribution in [0.2, 0.25) is 4.34 Å². The van der Waals surface area contributed by atoms with Gasteiger partial charge in [0.15, 0.2) is 0 Å². The zero-order valence-corrected chi connectivity index (χ0v) is 12.9. The molecule has 3 nitrogen and oxygen atoms in total. The summed E-state index contributed by atoms with van der Waals surface area (Å²) in [7, 11) is 1.41. The van der Waals surface area contributed by atoms with Gasteiger partial charge in [0.25, 0.3) is 5.91 Å². The molecule has 0 fully saturated rings. The number of halogens is 3. The minimum absolute atomic E-state index is 0.0708. The molecule has 0 spiro atoms. The Kier molecular flexibility index (Phi) is 4.80. The largest absolute Gasteiger partial charge is 0.383 e. The van der Waals surface area contributed by atoms with E-state index < -0.39 is 17.5 Å². The highest BCUT2D eigenvalue weighted by atomic mass is 35.5. The quantitative estimate of drug-likeness (QED) is 0.881. The molecule has 0 aliphatic heterocycles. The monoisotopic (exact) mass is 330 g/mol. The second-order valence-corrected chi connectivity index (χ2v) is 6.15. The van der Waals surface area contributed by atoms with Gasteiger partial charge in [0.05, 0.1) is 10.4 Å². The fourth-order valence-electron chi connectivity index (χ4n) is 1.86. The van der Waals surface area contributed by atoms with Crippen LogP contribution in [-0.2, 0) is 0 Å². The summed E-state index contributed by atoms with van der Waals surface area (Å²) in [6.45, 7) is 1.77. The summed E-state index contributed by atoms with van der Waals surface area (Å²) in [4.78, 5) is 12.9. The van der Waals surface area contributed by atoms with E-state index in [9.17, 15) is 13.6 Å². The Balaban J connectivity index is 2.17. The first kappa shape index (κ1) is 15.7. The van der Waals surface area contributed by atoms with E-state index >= 15 is 0 Å². The smallest absolute Gasteiger partial charge is 0.251 e. The SMILES string of the molecule is CNc1c(F)cc(C(=O)NC(C)c2ccc(Cl)s2)cc1F. The molecule has 1 aromatic carbocycles. The first-order chi connectivity index (χ1) is 9.92. The van der Waals surface area contributed by atoms with Crippen molar-refractivity contribution in [1.82, 2.24) is 5.32 Å². The van der Waals surface area contributed by atoms with Crippen molar-refractivity contribution < 1.29 is 13.6 Å². The second kappa shape index (κ2) is 6.41. The van der Waals surface area contributed by atoms with Crippen LogP contribution in [-0.4, -0.2) is 13.0 Å². The van der Waals surface area contributed by atoms with Crippen LogP contribution < -0.4 is 10.6 Å². The molecule has 2 aromatic rings. The third-order valence-electron chi connectivity index (χ3n) is 2.92. The van der Waals surface area contributed by atoms with Crippen molar-refractivity contribution in [2.45, 2.75) is 13.0 Å². The van der Waals surface area contributed by atoms with E-state index in [1.165, 1.54) is 18.4 Å². The maximum Gasteiger partial charge on any atom is 0.251 e. The Morgan fingerprint density at radius 3 is 2.38 bits per heavy atom. The summed E-state index contributed by atoms with van der Waals surface area (Å²) in [5, 5.41) is 5.08. The predicted molar refractivity (Wildman–Crippen MR) is 81.1 cm³/mol.